The molecule has 0 radical (unpaired) electrons. The standard InChI is InChI=1S/C13H18BrFO3/c1-3-16-13(17-4-2)9-18-12-7-11(15)6-5-10(12)8-14/h5-7,13H,3-4,8-9H2,1-2H3. The first-order valence-corrected chi connectivity index (χ1v) is 7.03. The Morgan fingerprint density at radius 1 is 1.22 bits per heavy atom. The van der Waals surface area contributed by atoms with E-state index in [1.54, 1.807) is 6.07 Å². The van der Waals surface area contributed by atoms with E-state index in [-0.39, 0.29) is 12.4 Å². The van der Waals surface area contributed by atoms with Crippen LogP contribution in [0.15, 0.2) is 18.2 Å². The lowest BCUT2D eigenvalue weighted by atomic mass is 10.2. The van der Waals surface area contributed by atoms with Gasteiger partial charge in [0.15, 0.2) is 6.29 Å². The van der Waals surface area contributed by atoms with E-state index in [0.717, 1.165) is 5.56 Å². The molecule has 0 saturated carbocycles. The summed E-state index contributed by atoms with van der Waals surface area (Å²) in [5, 5.41) is 0.608. The highest BCUT2D eigenvalue weighted by molar-refractivity contribution is 9.08. The van der Waals surface area contributed by atoms with Crippen molar-refractivity contribution < 1.29 is 18.6 Å². The van der Waals surface area contributed by atoms with Crippen LogP contribution in [0.4, 0.5) is 4.39 Å². The van der Waals surface area contributed by atoms with Gasteiger partial charge < -0.3 is 14.2 Å². The number of rotatable bonds is 8. The lowest BCUT2D eigenvalue weighted by Crippen LogP contribution is -2.25. The third-order valence-corrected chi connectivity index (χ3v) is 2.86. The molecule has 0 aliphatic carbocycles. The molecule has 0 atom stereocenters. The molecule has 0 fully saturated rings. The molecule has 1 rings (SSSR count). The Hall–Kier alpha value is -0.650. The van der Waals surface area contributed by atoms with Crippen LogP contribution >= 0.6 is 15.9 Å². The minimum absolute atomic E-state index is 0.241. The van der Waals surface area contributed by atoms with Crippen molar-refractivity contribution in [3.05, 3.63) is 29.6 Å². The van der Waals surface area contributed by atoms with E-state index < -0.39 is 6.29 Å². The van der Waals surface area contributed by atoms with Gasteiger partial charge in [-0.3, -0.25) is 0 Å². The van der Waals surface area contributed by atoms with Gasteiger partial charge in [0, 0.05) is 30.2 Å². The van der Waals surface area contributed by atoms with Crippen LogP contribution in [0, 0.1) is 5.82 Å². The second-order valence-corrected chi connectivity index (χ2v) is 4.10. The molecule has 0 heterocycles. The van der Waals surface area contributed by atoms with Gasteiger partial charge in [0.2, 0.25) is 0 Å². The number of hydrogen-bond donors (Lipinski definition) is 0. The highest BCUT2D eigenvalue weighted by Crippen LogP contribution is 2.22. The quantitative estimate of drug-likeness (QED) is 0.542. The number of benzene rings is 1. The topological polar surface area (TPSA) is 27.7 Å². The molecule has 0 bridgehead atoms. The van der Waals surface area contributed by atoms with Gasteiger partial charge >= 0.3 is 0 Å². The van der Waals surface area contributed by atoms with Crippen LogP contribution in [0.2, 0.25) is 0 Å². The average Bonchev–Trinajstić information content (AvgIpc) is 2.36. The largest absolute Gasteiger partial charge is 0.488 e. The minimum Gasteiger partial charge on any atom is -0.488 e. The van der Waals surface area contributed by atoms with Crippen LogP contribution in [0.3, 0.4) is 0 Å². The van der Waals surface area contributed by atoms with Gasteiger partial charge in [0.25, 0.3) is 0 Å². The third kappa shape index (κ3) is 4.92. The van der Waals surface area contributed by atoms with Gasteiger partial charge in [-0.2, -0.15) is 0 Å². The van der Waals surface area contributed by atoms with Crippen molar-refractivity contribution in [2.24, 2.45) is 0 Å². The first kappa shape index (κ1) is 15.4. The van der Waals surface area contributed by atoms with E-state index in [4.69, 9.17) is 14.2 Å². The maximum Gasteiger partial charge on any atom is 0.191 e. The SMILES string of the molecule is CCOC(COc1cc(F)ccc1CBr)OCC. The van der Waals surface area contributed by atoms with Gasteiger partial charge in [0.05, 0.1) is 0 Å². The Labute approximate surface area is 115 Å². The van der Waals surface area contributed by atoms with E-state index in [1.165, 1.54) is 12.1 Å². The van der Waals surface area contributed by atoms with Crippen molar-refractivity contribution in [2.75, 3.05) is 19.8 Å². The summed E-state index contributed by atoms with van der Waals surface area (Å²) in [6.07, 6.45) is -0.425. The molecule has 0 aliphatic heterocycles. The Morgan fingerprint density at radius 2 is 1.89 bits per heavy atom. The van der Waals surface area contributed by atoms with E-state index in [2.05, 4.69) is 15.9 Å². The Morgan fingerprint density at radius 3 is 2.44 bits per heavy atom. The molecule has 1 aromatic rings. The molecule has 0 saturated heterocycles. The first-order chi connectivity index (χ1) is 8.71. The molecule has 3 nitrogen and oxygen atoms in total. The molecule has 102 valence electrons. The highest BCUT2D eigenvalue weighted by atomic mass is 79.9. The highest BCUT2D eigenvalue weighted by Gasteiger charge is 2.11. The fourth-order valence-corrected chi connectivity index (χ4v) is 1.91. The van der Waals surface area contributed by atoms with Crippen molar-refractivity contribution in [2.45, 2.75) is 25.5 Å². The number of halogens is 2. The molecular formula is C13H18BrFO3. The summed E-state index contributed by atoms with van der Waals surface area (Å²) in [7, 11) is 0. The van der Waals surface area contributed by atoms with Crippen molar-refractivity contribution in [1.29, 1.82) is 0 Å². The smallest absolute Gasteiger partial charge is 0.191 e. The summed E-state index contributed by atoms with van der Waals surface area (Å²) in [5.41, 5.74) is 0.892. The zero-order valence-corrected chi connectivity index (χ0v) is 12.2. The monoisotopic (exact) mass is 320 g/mol. The summed E-state index contributed by atoms with van der Waals surface area (Å²) >= 11 is 3.34. The van der Waals surface area contributed by atoms with Crippen molar-refractivity contribution in [1.82, 2.24) is 0 Å². The lowest BCUT2D eigenvalue weighted by Gasteiger charge is -2.18. The van der Waals surface area contributed by atoms with Crippen LogP contribution in [-0.2, 0) is 14.8 Å². The first-order valence-electron chi connectivity index (χ1n) is 5.91. The summed E-state index contributed by atoms with van der Waals surface area (Å²) in [5.74, 6) is 0.190. The molecule has 0 unspecified atom stereocenters. The fraction of sp³-hybridized carbons (Fsp3) is 0.538. The molecule has 1 aromatic carbocycles. The van der Waals surface area contributed by atoms with Crippen molar-refractivity contribution in [3.63, 3.8) is 0 Å². The van der Waals surface area contributed by atoms with Gasteiger partial charge in [0.1, 0.15) is 18.2 Å². The fourth-order valence-electron chi connectivity index (χ4n) is 1.45. The van der Waals surface area contributed by atoms with Gasteiger partial charge in [-0.05, 0) is 19.9 Å². The van der Waals surface area contributed by atoms with Gasteiger partial charge in [-0.25, -0.2) is 4.39 Å². The molecule has 5 heteroatoms. The summed E-state index contributed by atoms with van der Waals surface area (Å²) in [6.45, 7) is 5.10. The molecule has 0 N–H and O–H groups in total. The van der Waals surface area contributed by atoms with Crippen LogP contribution in [0.5, 0.6) is 5.75 Å². The van der Waals surface area contributed by atoms with Crippen LogP contribution in [-0.4, -0.2) is 26.1 Å². The molecule has 0 amide bonds. The zero-order chi connectivity index (χ0) is 13.4. The van der Waals surface area contributed by atoms with E-state index in [9.17, 15) is 4.39 Å². The molecule has 0 aliphatic rings. The van der Waals surface area contributed by atoms with E-state index in [0.29, 0.717) is 24.3 Å². The number of hydrogen-bond acceptors (Lipinski definition) is 3. The number of alkyl halides is 1. The zero-order valence-electron chi connectivity index (χ0n) is 10.6. The van der Waals surface area contributed by atoms with E-state index in [1.807, 2.05) is 13.8 Å². The lowest BCUT2D eigenvalue weighted by molar-refractivity contribution is -0.152. The molecule has 18 heavy (non-hydrogen) atoms. The van der Waals surface area contributed by atoms with Crippen LogP contribution in [0.25, 0.3) is 0 Å². The summed E-state index contributed by atoms with van der Waals surface area (Å²) in [4.78, 5) is 0. The Kier molecular flexibility index (Phi) is 7.23. The third-order valence-electron chi connectivity index (χ3n) is 2.25. The van der Waals surface area contributed by atoms with E-state index >= 15 is 0 Å². The Balaban J connectivity index is 2.62. The molecule has 0 spiro atoms. The second kappa shape index (κ2) is 8.45. The predicted molar refractivity (Wildman–Crippen MR) is 71.6 cm³/mol. The maximum absolute atomic E-state index is 13.1. The Bertz CT molecular complexity index is 354. The molecule has 0 aromatic heterocycles. The maximum atomic E-state index is 13.1. The minimum atomic E-state index is -0.425. The van der Waals surface area contributed by atoms with Gasteiger partial charge in [-0.1, -0.05) is 22.0 Å². The number of ether oxygens (including phenoxy) is 3. The van der Waals surface area contributed by atoms with Gasteiger partial charge in [-0.15, -0.1) is 0 Å². The van der Waals surface area contributed by atoms with Crippen molar-refractivity contribution in [3.8, 4) is 5.75 Å². The summed E-state index contributed by atoms with van der Waals surface area (Å²) < 4.78 is 29.4. The predicted octanol–water partition coefficient (Wildman–Crippen LogP) is 3.50. The summed E-state index contributed by atoms with van der Waals surface area (Å²) in [6, 6.07) is 4.47. The van der Waals surface area contributed by atoms with Crippen LogP contribution < -0.4 is 4.74 Å². The van der Waals surface area contributed by atoms with Crippen molar-refractivity contribution >= 4 is 15.9 Å². The van der Waals surface area contributed by atoms with Crippen LogP contribution in [0.1, 0.15) is 19.4 Å². The average molecular weight is 321 g/mol. The molecular weight excluding hydrogens is 303 g/mol. The normalized spacial score (nSPS) is 10.9. The second-order valence-electron chi connectivity index (χ2n) is 3.54.